The lowest BCUT2D eigenvalue weighted by Gasteiger charge is -2.13. The summed E-state index contributed by atoms with van der Waals surface area (Å²) in [5, 5.41) is 16.5. The number of carbonyl (C=O) groups is 2. The number of benzene rings is 2. The summed E-state index contributed by atoms with van der Waals surface area (Å²) >= 11 is 0. The number of nitrogens with one attached hydrogen (secondary N) is 2. The number of methoxy groups -OCH3 is 1. The Balaban J connectivity index is 2.18. The van der Waals surface area contributed by atoms with Gasteiger partial charge in [0.05, 0.1) is 31.3 Å². The van der Waals surface area contributed by atoms with Gasteiger partial charge in [-0.2, -0.15) is 0 Å². The van der Waals surface area contributed by atoms with Crippen molar-refractivity contribution in [2.45, 2.75) is 20.8 Å². The number of hydrogen-bond donors (Lipinski definition) is 2. The fourth-order valence-electron chi connectivity index (χ4n) is 2.76. The lowest BCUT2D eigenvalue weighted by molar-refractivity contribution is -0.385. The van der Waals surface area contributed by atoms with Gasteiger partial charge in [-0.25, -0.2) is 0 Å². The van der Waals surface area contributed by atoms with Crippen LogP contribution in [0.3, 0.4) is 0 Å². The van der Waals surface area contributed by atoms with E-state index in [9.17, 15) is 19.7 Å². The van der Waals surface area contributed by atoms with Crippen molar-refractivity contribution < 1.29 is 24.0 Å². The number of amides is 2. The van der Waals surface area contributed by atoms with E-state index >= 15 is 0 Å². The lowest BCUT2D eigenvalue weighted by atomic mass is 10.1. The molecule has 2 N–H and O–H groups in total. The van der Waals surface area contributed by atoms with E-state index in [1.807, 2.05) is 32.0 Å². The van der Waals surface area contributed by atoms with E-state index in [4.69, 9.17) is 9.47 Å². The van der Waals surface area contributed by atoms with Crippen LogP contribution in [0.5, 0.6) is 11.5 Å². The van der Waals surface area contributed by atoms with Crippen LogP contribution >= 0.6 is 0 Å². The van der Waals surface area contributed by atoms with Gasteiger partial charge in [0.2, 0.25) is 5.91 Å². The molecule has 0 unspecified atom stereocenters. The minimum absolute atomic E-state index is 0.142. The molecule has 154 valence electrons. The van der Waals surface area contributed by atoms with Gasteiger partial charge in [0, 0.05) is 11.8 Å². The summed E-state index contributed by atoms with van der Waals surface area (Å²) in [6, 6.07) is 7.95. The number of nitrogens with zero attached hydrogens (tertiary/aromatic N) is 1. The first kappa shape index (κ1) is 21.7. The van der Waals surface area contributed by atoms with Gasteiger partial charge in [0.15, 0.2) is 11.5 Å². The Labute approximate surface area is 168 Å². The number of rotatable bonds is 8. The van der Waals surface area contributed by atoms with Crippen LogP contribution in [0.15, 0.2) is 30.3 Å². The zero-order valence-electron chi connectivity index (χ0n) is 16.7. The van der Waals surface area contributed by atoms with E-state index in [0.29, 0.717) is 5.69 Å². The zero-order chi connectivity index (χ0) is 21.6. The maximum Gasteiger partial charge on any atom is 0.286 e. The van der Waals surface area contributed by atoms with Crippen LogP contribution in [0.1, 0.15) is 28.4 Å². The molecule has 0 spiro atoms. The summed E-state index contributed by atoms with van der Waals surface area (Å²) < 4.78 is 10.5. The molecule has 0 radical (unpaired) electrons. The van der Waals surface area contributed by atoms with Crippen LogP contribution in [0, 0.1) is 24.0 Å². The van der Waals surface area contributed by atoms with Crippen molar-refractivity contribution in [3.8, 4) is 11.5 Å². The van der Waals surface area contributed by atoms with Crippen LogP contribution in [-0.2, 0) is 4.79 Å². The molecule has 29 heavy (non-hydrogen) atoms. The maximum absolute atomic E-state index is 12.5. The molecular formula is C20H23N3O6. The molecule has 0 bridgehead atoms. The highest BCUT2D eigenvalue weighted by molar-refractivity contribution is 6.02. The predicted octanol–water partition coefficient (Wildman–Crippen LogP) is 2.99. The lowest BCUT2D eigenvalue weighted by Crippen LogP contribution is -2.33. The van der Waals surface area contributed by atoms with Gasteiger partial charge in [0.25, 0.3) is 11.6 Å². The van der Waals surface area contributed by atoms with Gasteiger partial charge in [0.1, 0.15) is 5.56 Å². The molecule has 2 aromatic rings. The van der Waals surface area contributed by atoms with Crippen LogP contribution in [-0.4, -0.2) is 37.0 Å². The number of nitro groups is 1. The van der Waals surface area contributed by atoms with Crippen LogP contribution < -0.4 is 20.1 Å². The number of para-hydroxylation sites is 1. The molecule has 0 fully saturated rings. The number of aryl methyl sites for hydroxylation is 2. The zero-order valence-corrected chi connectivity index (χ0v) is 16.7. The van der Waals surface area contributed by atoms with Gasteiger partial charge < -0.3 is 20.1 Å². The summed E-state index contributed by atoms with van der Waals surface area (Å²) in [6.07, 6.45) is 0. The quantitative estimate of drug-likeness (QED) is 0.518. The first-order valence-electron chi connectivity index (χ1n) is 8.92. The normalized spacial score (nSPS) is 10.2. The Morgan fingerprint density at radius 1 is 1.14 bits per heavy atom. The Bertz CT molecular complexity index is 922. The second kappa shape index (κ2) is 9.54. The molecule has 0 atom stereocenters. The number of carbonyl (C=O) groups excluding carboxylic acids is 2. The molecule has 0 aliphatic carbocycles. The average Bonchev–Trinajstić information content (AvgIpc) is 2.68. The van der Waals surface area contributed by atoms with Crippen molar-refractivity contribution in [2.24, 2.45) is 0 Å². The topological polar surface area (TPSA) is 120 Å². The molecule has 9 nitrogen and oxygen atoms in total. The Hall–Kier alpha value is -3.62. The molecule has 0 saturated carbocycles. The fourth-order valence-corrected chi connectivity index (χ4v) is 2.76. The largest absolute Gasteiger partial charge is 0.493 e. The summed E-state index contributed by atoms with van der Waals surface area (Å²) in [4.78, 5) is 35.4. The monoisotopic (exact) mass is 401 g/mol. The average molecular weight is 401 g/mol. The van der Waals surface area contributed by atoms with Crippen molar-refractivity contribution in [2.75, 3.05) is 25.6 Å². The van der Waals surface area contributed by atoms with Crippen molar-refractivity contribution in [3.63, 3.8) is 0 Å². The van der Waals surface area contributed by atoms with Crippen LogP contribution in [0.25, 0.3) is 0 Å². The Kier molecular flexibility index (Phi) is 7.13. The van der Waals surface area contributed by atoms with E-state index < -0.39 is 22.4 Å². The molecule has 0 saturated heterocycles. The molecule has 2 rings (SSSR count). The highest BCUT2D eigenvalue weighted by Crippen LogP contribution is 2.34. The molecule has 9 heteroatoms. The smallest absolute Gasteiger partial charge is 0.286 e. The summed E-state index contributed by atoms with van der Waals surface area (Å²) in [7, 11) is 1.35. The second-order valence-corrected chi connectivity index (χ2v) is 6.21. The maximum atomic E-state index is 12.5. The molecule has 0 aromatic heterocycles. The minimum atomic E-state index is -0.767. The SMILES string of the molecule is CCOc1cc(C(=O)NCC(=O)Nc2c(C)cccc2C)c([N+](=O)[O-])cc1OC. The summed E-state index contributed by atoms with van der Waals surface area (Å²) in [6.45, 7) is 5.39. The van der Waals surface area contributed by atoms with Crippen LogP contribution in [0.2, 0.25) is 0 Å². The van der Waals surface area contributed by atoms with Gasteiger partial charge in [-0.1, -0.05) is 18.2 Å². The molecule has 2 aromatic carbocycles. The third-order valence-corrected chi connectivity index (χ3v) is 4.18. The molecule has 0 aliphatic rings. The summed E-state index contributed by atoms with van der Waals surface area (Å²) in [5.74, 6) is -0.873. The van der Waals surface area contributed by atoms with Gasteiger partial charge in [-0.05, 0) is 31.9 Å². The third kappa shape index (κ3) is 5.22. The molecule has 2 amide bonds. The summed E-state index contributed by atoms with van der Waals surface area (Å²) in [5.41, 5.74) is 1.77. The van der Waals surface area contributed by atoms with E-state index in [1.54, 1.807) is 6.92 Å². The predicted molar refractivity (Wildman–Crippen MR) is 108 cm³/mol. The van der Waals surface area contributed by atoms with Crippen molar-refractivity contribution >= 4 is 23.2 Å². The molecule has 0 heterocycles. The third-order valence-electron chi connectivity index (χ3n) is 4.18. The minimum Gasteiger partial charge on any atom is -0.493 e. The fraction of sp³-hybridized carbons (Fsp3) is 0.300. The second-order valence-electron chi connectivity index (χ2n) is 6.21. The first-order chi connectivity index (χ1) is 13.8. The first-order valence-corrected chi connectivity index (χ1v) is 8.92. The van der Waals surface area contributed by atoms with Crippen molar-refractivity contribution in [1.82, 2.24) is 5.32 Å². The molecule has 0 aliphatic heterocycles. The Morgan fingerprint density at radius 3 is 2.34 bits per heavy atom. The van der Waals surface area contributed by atoms with Gasteiger partial charge in [-0.3, -0.25) is 19.7 Å². The number of anilines is 1. The highest BCUT2D eigenvalue weighted by Gasteiger charge is 2.25. The van der Waals surface area contributed by atoms with Crippen LogP contribution in [0.4, 0.5) is 11.4 Å². The van der Waals surface area contributed by atoms with E-state index in [2.05, 4.69) is 10.6 Å². The highest BCUT2D eigenvalue weighted by atomic mass is 16.6. The number of nitro benzene ring substituents is 1. The van der Waals surface area contributed by atoms with Gasteiger partial charge >= 0.3 is 0 Å². The standard InChI is InChI=1S/C20H23N3O6/c1-5-29-17-9-14(15(23(26)27)10-16(17)28-4)20(25)21-11-18(24)22-19-12(2)7-6-8-13(19)3/h6-10H,5,11H2,1-4H3,(H,21,25)(H,22,24). The van der Waals surface area contributed by atoms with Crippen molar-refractivity contribution in [1.29, 1.82) is 0 Å². The van der Waals surface area contributed by atoms with E-state index in [0.717, 1.165) is 17.2 Å². The molecular weight excluding hydrogens is 378 g/mol. The van der Waals surface area contributed by atoms with E-state index in [-0.39, 0.29) is 30.2 Å². The van der Waals surface area contributed by atoms with Crippen molar-refractivity contribution in [3.05, 3.63) is 57.1 Å². The number of ether oxygens (including phenoxy) is 2. The Morgan fingerprint density at radius 2 is 1.79 bits per heavy atom. The van der Waals surface area contributed by atoms with Gasteiger partial charge in [-0.15, -0.1) is 0 Å². The number of hydrogen-bond acceptors (Lipinski definition) is 6. The van der Waals surface area contributed by atoms with E-state index in [1.165, 1.54) is 13.2 Å².